The van der Waals surface area contributed by atoms with E-state index in [2.05, 4.69) is 18.3 Å². The van der Waals surface area contributed by atoms with Crippen LogP contribution in [0, 0.1) is 0 Å². The lowest BCUT2D eigenvalue weighted by atomic mass is 10.3. The molecular formula is C12H27N. The van der Waals surface area contributed by atoms with Crippen LogP contribution in [-0.4, -0.2) is 13.1 Å². The van der Waals surface area contributed by atoms with Crippen molar-refractivity contribution in [3.63, 3.8) is 0 Å². The van der Waals surface area contributed by atoms with Crippen LogP contribution in [0.2, 0.25) is 0 Å². The summed E-state index contributed by atoms with van der Waals surface area (Å²) in [5, 5.41) is 3.08. The Kier molecular flexibility index (Phi) is 31.7. The van der Waals surface area contributed by atoms with E-state index in [0.29, 0.717) is 6.04 Å². The van der Waals surface area contributed by atoms with Gasteiger partial charge in [-0.05, 0) is 34.7 Å². The van der Waals surface area contributed by atoms with Gasteiger partial charge in [-0.15, -0.1) is 0 Å². The molecule has 0 rings (SSSR count). The van der Waals surface area contributed by atoms with Crippen molar-refractivity contribution < 1.29 is 0 Å². The summed E-state index contributed by atoms with van der Waals surface area (Å²) in [6, 6.07) is 0.519. The average molecular weight is 185 g/mol. The van der Waals surface area contributed by atoms with Crippen molar-refractivity contribution in [1.82, 2.24) is 5.32 Å². The Hall–Kier alpha value is -0.560. The minimum absolute atomic E-state index is 0.519. The molecule has 0 aliphatic rings. The average Bonchev–Trinajstić information content (AvgIpc) is 2.21. The van der Waals surface area contributed by atoms with Crippen LogP contribution in [0.25, 0.3) is 0 Å². The first-order valence-corrected chi connectivity index (χ1v) is 5.10. The van der Waals surface area contributed by atoms with Crippen molar-refractivity contribution in [3.8, 4) is 0 Å². The largest absolute Gasteiger partial charge is 0.314 e. The van der Waals surface area contributed by atoms with Crippen molar-refractivity contribution in [2.24, 2.45) is 0 Å². The summed E-state index contributed by atoms with van der Waals surface area (Å²) < 4.78 is 0. The highest BCUT2D eigenvalue weighted by atomic mass is 14.8. The molecule has 1 unspecified atom stereocenters. The summed E-state index contributed by atoms with van der Waals surface area (Å²) in [5.74, 6) is 0. The highest BCUT2D eigenvalue weighted by Gasteiger charge is 1.83. The van der Waals surface area contributed by atoms with E-state index in [4.69, 9.17) is 0 Å². The number of nitrogens with one attached hydrogen (secondary N) is 1. The molecule has 0 spiro atoms. The molecule has 0 saturated carbocycles. The number of hydrogen-bond donors (Lipinski definition) is 1. The summed E-state index contributed by atoms with van der Waals surface area (Å²) >= 11 is 0. The predicted molar refractivity (Wildman–Crippen MR) is 65.2 cm³/mol. The van der Waals surface area contributed by atoms with E-state index in [0.717, 1.165) is 0 Å². The van der Waals surface area contributed by atoms with E-state index in [1.54, 1.807) is 0 Å². The van der Waals surface area contributed by atoms with E-state index in [1.165, 1.54) is 0 Å². The second-order valence-electron chi connectivity index (χ2n) is 2.27. The van der Waals surface area contributed by atoms with Gasteiger partial charge in [0.25, 0.3) is 0 Å². The summed E-state index contributed by atoms with van der Waals surface area (Å²) in [4.78, 5) is 0. The molecule has 0 bridgehead atoms. The van der Waals surface area contributed by atoms with Crippen LogP contribution in [0.3, 0.4) is 0 Å². The van der Waals surface area contributed by atoms with Gasteiger partial charge in [0, 0.05) is 6.04 Å². The highest BCUT2D eigenvalue weighted by Crippen LogP contribution is 1.79. The summed E-state index contributed by atoms with van der Waals surface area (Å²) in [7, 11) is 1.95. The third-order valence-electron chi connectivity index (χ3n) is 1.27. The van der Waals surface area contributed by atoms with Gasteiger partial charge < -0.3 is 5.32 Å². The van der Waals surface area contributed by atoms with Gasteiger partial charge in [0.2, 0.25) is 0 Å². The molecule has 1 N–H and O–H groups in total. The van der Waals surface area contributed by atoms with Crippen LogP contribution in [0.5, 0.6) is 0 Å². The summed E-state index contributed by atoms with van der Waals surface area (Å²) in [6.45, 7) is 12.1. The lowest BCUT2D eigenvalue weighted by molar-refractivity contribution is 0.728. The lowest BCUT2D eigenvalue weighted by Gasteiger charge is -1.99. The third-order valence-corrected chi connectivity index (χ3v) is 1.27. The molecule has 0 heterocycles. The maximum atomic E-state index is 3.08. The maximum absolute atomic E-state index is 3.08. The van der Waals surface area contributed by atoms with Gasteiger partial charge in [0.05, 0.1) is 0 Å². The molecule has 0 radical (unpaired) electrons. The SMILES string of the molecule is C/C=C/C(C)NC.C/C=C\C.CC. The number of rotatable bonds is 2. The Morgan fingerprint density at radius 1 is 0.923 bits per heavy atom. The van der Waals surface area contributed by atoms with Crippen molar-refractivity contribution >= 4 is 0 Å². The highest BCUT2D eigenvalue weighted by molar-refractivity contribution is 4.86. The van der Waals surface area contributed by atoms with E-state index < -0.39 is 0 Å². The minimum Gasteiger partial charge on any atom is -0.314 e. The first-order chi connectivity index (χ1) is 6.22. The standard InChI is InChI=1S/C6H13N.C4H8.C2H6/c1-4-5-6(2)7-3;1-3-4-2;1-2/h4-7H,1-3H3;3-4H,1-2H3;1-2H3/b5-4+;4-3-;. The van der Waals surface area contributed by atoms with Gasteiger partial charge in [-0.25, -0.2) is 0 Å². The summed E-state index contributed by atoms with van der Waals surface area (Å²) in [5.41, 5.74) is 0. The molecule has 0 amide bonds. The van der Waals surface area contributed by atoms with E-state index in [1.807, 2.05) is 59.9 Å². The molecule has 0 saturated heterocycles. The topological polar surface area (TPSA) is 12.0 Å². The smallest absolute Gasteiger partial charge is 0.0218 e. The Morgan fingerprint density at radius 3 is 1.38 bits per heavy atom. The molecule has 0 aliphatic heterocycles. The van der Waals surface area contributed by atoms with Crippen LogP contribution in [-0.2, 0) is 0 Å². The van der Waals surface area contributed by atoms with Gasteiger partial charge in [-0.2, -0.15) is 0 Å². The van der Waals surface area contributed by atoms with E-state index in [9.17, 15) is 0 Å². The zero-order valence-electron chi connectivity index (χ0n) is 10.4. The van der Waals surface area contributed by atoms with Crippen LogP contribution in [0.15, 0.2) is 24.3 Å². The fraction of sp³-hybridized carbons (Fsp3) is 0.667. The van der Waals surface area contributed by atoms with Crippen molar-refractivity contribution in [2.75, 3.05) is 7.05 Å². The number of likely N-dealkylation sites (N-methyl/N-ethyl adjacent to an activating group) is 1. The molecule has 1 heteroatoms. The van der Waals surface area contributed by atoms with Crippen LogP contribution in [0.4, 0.5) is 0 Å². The molecule has 80 valence electrons. The molecule has 1 nitrogen and oxygen atoms in total. The quantitative estimate of drug-likeness (QED) is 0.646. The number of allylic oxidation sites excluding steroid dienone is 3. The van der Waals surface area contributed by atoms with Gasteiger partial charge in [-0.1, -0.05) is 38.2 Å². The third kappa shape index (κ3) is 34.4. The zero-order valence-corrected chi connectivity index (χ0v) is 10.4. The molecule has 0 aromatic rings. The maximum Gasteiger partial charge on any atom is 0.0218 e. The number of hydrogen-bond acceptors (Lipinski definition) is 1. The van der Waals surface area contributed by atoms with Gasteiger partial charge >= 0.3 is 0 Å². The summed E-state index contributed by atoms with van der Waals surface area (Å²) in [6.07, 6.45) is 8.15. The Labute approximate surface area is 84.9 Å². The van der Waals surface area contributed by atoms with Crippen molar-refractivity contribution in [1.29, 1.82) is 0 Å². The van der Waals surface area contributed by atoms with Gasteiger partial charge in [0.1, 0.15) is 0 Å². The van der Waals surface area contributed by atoms with Crippen LogP contribution < -0.4 is 5.32 Å². The van der Waals surface area contributed by atoms with E-state index in [-0.39, 0.29) is 0 Å². The first-order valence-electron chi connectivity index (χ1n) is 5.10. The van der Waals surface area contributed by atoms with Crippen LogP contribution in [0.1, 0.15) is 41.5 Å². The van der Waals surface area contributed by atoms with Crippen molar-refractivity contribution in [3.05, 3.63) is 24.3 Å². The van der Waals surface area contributed by atoms with Gasteiger partial charge in [0.15, 0.2) is 0 Å². The Bertz CT molecular complexity index is 99.7. The fourth-order valence-corrected chi connectivity index (χ4v) is 0.385. The normalized spacial score (nSPS) is 11.6. The Morgan fingerprint density at radius 2 is 1.31 bits per heavy atom. The molecule has 1 atom stereocenters. The fourth-order valence-electron chi connectivity index (χ4n) is 0.385. The minimum atomic E-state index is 0.519. The zero-order chi connectivity index (χ0) is 11.1. The molecule has 13 heavy (non-hydrogen) atoms. The molecule has 0 aromatic heterocycles. The predicted octanol–water partition coefficient (Wildman–Crippen LogP) is 3.78. The molecule has 0 aliphatic carbocycles. The Balaban J connectivity index is -0.000000142. The monoisotopic (exact) mass is 185 g/mol. The molecule has 0 aromatic carbocycles. The molecular weight excluding hydrogens is 158 g/mol. The van der Waals surface area contributed by atoms with Crippen LogP contribution >= 0.6 is 0 Å². The van der Waals surface area contributed by atoms with Gasteiger partial charge in [-0.3, -0.25) is 0 Å². The van der Waals surface area contributed by atoms with Crippen molar-refractivity contribution in [2.45, 2.75) is 47.6 Å². The lowest BCUT2D eigenvalue weighted by Crippen LogP contribution is -2.17. The molecule has 0 fully saturated rings. The van der Waals surface area contributed by atoms with E-state index >= 15 is 0 Å². The second-order valence-corrected chi connectivity index (χ2v) is 2.27. The first kappa shape index (κ1) is 18.3. The second kappa shape index (κ2) is 22.5.